The molecule has 0 atom stereocenters. The molecule has 8 heteroatoms. The van der Waals surface area contributed by atoms with Crippen LogP contribution in [0, 0.1) is 5.82 Å². The smallest absolute Gasteiger partial charge is 0.410 e. The van der Waals surface area contributed by atoms with Crippen molar-refractivity contribution in [2.24, 2.45) is 0 Å². The van der Waals surface area contributed by atoms with Gasteiger partial charge in [-0.3, -0.25) is 0 Å². The molecule has 24 heavy (non-hydrogen) atoms. The zero-order valence-corrected chi connectivity index (χ0v) is 14.1. The second-order valence-electron chi connectivity index (χ2n) is 7.05. The van der Waals surface area contributed by atoms with Gasteiger partial charge >= 0.3 is 6.09 Å². The molecule has 2 aromatic rings. The number of carbonyl (C=O) groups excluding carboxylic acids is 1. The Labute approximate surface area is 139 Å². The lowest BCUT2D eigenvalue weighted by atomic mass is 10.1. The van der Waals surface area contributed by atoms with Crippen LogP contribution in [-0.4, -0.2) is 44.2 Å². The Morgan fingerprint density at radius 3 is 2.67 bits per heavy atom. The standard InChI is InChI=1S/C16H22FN5O2/c1-16(2,3)24-15(23)21-6-4-10(5-7-21)22-9-11(17)13-14(22)20-12(18)8-19-13/h8-10H,4-7H2,1-3H3,(H2,18,20). The van der Waals surface area contributed by atoms with Gasteiger partial charge in [-0.15, -0.1) is 0 Å². The summed E-state index contributed by atoms with van der Waals surface area (Å²) in [6.45, 7) is 6.63. The number of nitrogens with zero attached hydrogens (tertiary/aromatic N) is 4. The van der Waals surface area contributed by atoms with E-state index in [-0.39, 0.29) is 23.5 Å². The van der Waals surface area contributed by atoms with Crippen molar-refractivity contribution in [3.63, 3.8) is 0 Å². The number of carbonyl (C=O) groups is 1. The average Bonchev–Trinajstić information content (AvgIpc) is 2.82. The number of ether oxygens (including phenoxy) is 1. The monoisotopic (exact) mass is 335 g/mol. The van der Waals surface area contributed by atoms with Crippen molar-refractivity contribution in [3.8, 4) is 0 Å². The Morgan fingerprint density at radius 2 is 2.04 bits per heavy atom. The zero-order chi connectivity index (χ0) is 17.5. The molecule has 0 bridgehead atoms. The van der Waals surface area contributed by atoms with Gasteiger partial charge < -0.3 is 19.9 Å². The fraction of sp³-hybridized carbons (Fsp3) is 0.562. The third kappa shape index (κ3) is 3.27. The third-order valence-corrected chi connectivity index (χ3v) is 4.01. The number of piperidine rings is 1. The van der Waals surface area contributed by atoms with E-state index < -0.39 is 11.4 Å². The number of rotatable bonds is 1. The molecule has 1 amide bonds. The summed E-state index contributed by atoms with van der Waals surface area (Å²) in [5.41, 5.74) is 5.83. The van der Waals surface area contributed by atoms with E-state index in [2.05, 4.69) is 9.97 Å². The molecule has 0 aromatic carbocycles. The number of hydrogen-bond acceptors (Lipinski definition) is 5. The Hall–Kier alpha value is -2.38. The first-order chi connectivity index (χ1) is 11.2. The van der Waals surface area contributed by atoms with Gasteiger partial charge in [0.2, 0.25) is 0 Å². The van der Waals surface area contributed by atoms with E-state index >= 15 is 0 Å². The minimum Gasteiger partial charge on any atom is -0.444 e. The number of amides is 1. The molecule has 0 aliphatic carbocycles. The van der Waals surface area contributed by atoms with Crippen LogP contribution in [-0.2, 0) is 4.74 Å². The minimum absolute atomic E-state index is 0.0480. The highest BCUT2D eigenvalue weighted by atomic mass is 19.1. The van der Waals surface area contributed by atoms with Crippen molar-refractivity contribution >= 4 is 23.1 Å². The summed E-state index contributed by atoms with van der Waals surface area (Å²) >= 11 is 0. The van der Waals surface area contributed by atoms with Gasteiger partial charge in [0.05, 0.1) is 6.20 Å². The van der Waals surface area contributed by atoms with Gasteiger partial charge in [-0.2, -0.15) is 0 Å². The largest absolute Gasteiger partial charge is 0.444 e. The second kappa shape index (κ2) is 5.92. The van der Waals surface area contributed by atoms with Crippen LogP contribution >= 0.6 is 0 Å². The van der Waals surface area contributed by atoms with Gasteiger partial charge in [-0.25, -0.2) is 19.2 Å². The van der Waals surface area contributed by atoms with Crippen molar-refractivity contribution in [1.82, 2.24) is 19.4 Å². The molecule has 1 aliphatic heterocycles. The lowest BCUT2D eigenvalue weighted by Crippen LogP contribution is -2.42. The van der Waals surface area contributed by atoms with Crippen LogP contribution in [0.15, 0.2) is 12.4 Å². The van der Waals surface area contributed by atoms with E-state index in [9.17, 15) is 9.18 Å². The molecule has 2 N–H and O–H groups in total. The van der Waals surface area contributed by atoms with Crippen LogP contribution in [0.4, 0.5) is 15.0 Å². The molecule has 1 saturated heterocycles. The van der Waals surface area contributed by atoms with Gasteiger partial charge in [0, 0.05) is 25.3 Å². The molecule has 7 nitrogen and oxygen atoms in total. The van der Waals surface area contributed by atoms with Crippen LogP contribution in [0.3, 0.4) is 0 Å². The summed E-state index contributed by atoms with van der Waals surface area (Å²) in [5, 5.41) is 0. The van der Waals surface area contributed by atoms with Crippen LogP contribution in [0.1, 0.15) is 39.7 Å². The summed E-state index contributed by atoms with van der Waals surface area (Å²) in [6.07, 6.45) is 3.84. The van der Waals surface area contributed by atoms with Crippen molar-refractivity contribution in [3.05, 3.63) is 18.2 Å². The third-order valence-electron chi connectivity index (χ3n) is 4.01. The maximum Gasteiger partial charge on any atom is 0.410 e. The minimum atomic E-state index is -0.513. The second-order valence-corrected chi connectivity index (χ2v) is 7.05. The van der Waals surface area contributed by atoms with Crippen LogP contribution in [0.2, 0.25) is 0 Å². The Balaban J connectivity index is 1.73. The number of nitrogen functional groups attached to an aromatic ring is 1. The topological polar surface area (TPSA) is 86.3 Å². The molecular weight excluding hydrogens is 313 g/mol. The first-order valence-corrected chi connectivity index (χ1v) is 8.01. The molecule has 1 aliphatic rings. The molecule has 3 rings (SSSR count). The van der Waals surface area contributed by atoms with Gasteiger partial charge in [-0.1, -0.05) is 0 Å². The van der Waals surface area contributed by atoms with Crippen LogP contribution in [0.25, 0.3) is 11.2 Å². The number of halogens is 1. The summed E-state index contributed by atoms with van der Waals surface area (Å²) < 4.78 is 21.2. The van der Waals surface area contributed by atoms with Crippen LogP contribution in [0.5, 0.6) is 0 Å². The highest BCUT2D eigenvalue weighted by molar-refractivity contribution is 5.73. The Kier molecular flexibility index (Phi) is 4.06. The van der Waals surface area contributed by atoms with E-state index in [0.717, 1.165) is 0 Å². The highest BCUT2D eigenvalue weighted by Crippen LogP contribution is 2.28. The number of likely N-dealkylation sites (tertiary alicyclic amines) is 1. The van der Waals surface area contributed by atoms with E-state index in [4.69, 9.17) is 10.5 Å². The molecule has 0 radical (unpaired) electrons. The predicted octanol–water partition coefficient (Wildman–Crippen LogP) is 2.72. The van der Waals surface area contributed by atoms with Gasteiger partial charge in [0.15, 0.2) is 11.5 Å². The molecule has 2 aromatic heterocycles. The first-order valence-electron chi connectivity index (χ1n) is 8.01. The lowest BCUT2D eigenvalue weighted by Gasteiger charge is -2.34. The number of fused-ring (bicyclic) bond motifs is 1. The number of nitrogens with two attached hydrogens (primary N) is 1. The molecular formula is C16H22FN5O2. The fourth-order valence-corrected chi connectivity index (χ4v) is 2.92. The highest BCUT2D eigenvalue weighted by Gasteiger charge is 2.28. The number of anilines is 1. The van der Waals surface area contributed by atoms with Crippen molar-refractivity contribution in [1.29, 1.82) is 0 Å². The SMILES string of the molecule is CC(C)(C)OC(=O)N1CCC(n2cc(F)c3ncc(N)nc32)CC1. The van der Waals surface area contributed by atoms with Gasteiger partial charge in [0.25, 0.3) is 0 Å². The van der Waals surface area contributed by atoms with E-state index in [1.807, 2.05) is 20.8 Å². The molecule has 1 fully saturated rings. The number of aromatic nitrogens is 3. The van der Waals surface area contributed by atoms with E-state index in [1.165, 1.54) is 12.4 Å². The fourth-order valence-electron chi connectivity index (χ4n) is 2.92. The van der Waals surface area contributed by atoms with Gasteiger partial charge in [-0.05, 0) is 33.6 Å². The molecule has 0 unspecified atom stereocenters. The van der Waals surface area contributed by atoms with E-state index in [1.54, 1.807) is 9.47 Å². The summed E-state index contributed by atoms with van der Waals surface area (Å²) in [4.78, 5) is 22.0. The normalized spacial score (nSPS) is 16.6. The Bertz CT molecular complexity index is 760. The molecule has 0 spiro atoms. The maximum atomic E-state index is 14.0. The van der Waals surface area contributed by atoms with Crippen molar-refractivity contribution in [2.45, 2.75) is 45.3 Å². The summed E-state index contributed by atoms with van der Waals surface area (Å²) in [6, 6.07) is 0.0480. The molecule has 130 valence electrons. The lowest BCUT2D eigenvalue weighted by molar-refractivity contribution is 0.0189. The molecule has 0 saturated carbocycles. The average molecular weight is 335 g/mol. The van der Waals surface area contributed by atoms with E-state index in [0.29, 0.717) is 31.6 Å². The number of hydrogen-bond donors (Lipinski definition) is 1. The van der Waals surface area contributed by atoms with Crippen LogP contribution < -0.4 is 5.73 Å². The first kappa shape index (κ1) is 16.5. The zero-order valence-electron chi connectivity index (χ0n) is 14.1. The van der Waals surface area contributed by atoms with Gasteiger partial charge in [0.1, 0.15) is 16.9 Å². The van der Waals surface area contributed by atoms with Crippen molar-refractivity contribution < 1.29 is 13.9 Å². The Morgan fingerprint density at radius 1 is 1.38 bits per heavy atom. The van der Waals surface area contributed by atoms with Crippen molar-refractivity contribution in [2.75, 3.05) is 18.8 Å². The quantitative estimate of drug-likeness (QED) is 0.866. The summed E-state index contributed by atoms with van der Waals surface area (Å²) in [7, 11) is 0. The summed E-state index contributed by atoms with van der Waals surface area (Å²) in [5.74, 6) is -0.153. The maximum absolute atomic E-state index is 14.0. The molecule has 3 heterocycles. The predicted molar refractivity (Wildman–Crippen MR) is 88.0 cm³/mol.